The summed E-state index contributed by atoms with van der Waals surface area (Å²) in [5, 5.41) is 20.7. The topological polar surface area (TPSA) is 99.4 Å². The van der Waals surface area contributed by atoms with E-state index in [-0.39, 0.29) is 5.57 Å². The van der Waals surface area contributed by atoms with Crippen LogP contribution in [0.5, 0.6) is 5.75 Å². The van der Waals surface area contributed by atoms with Gasteiger partial charge in [0.2, 0.25) is 0 Å². The number of carbonyl (C=O) groups excluding carboxylic acids is 1. The number of anilines is 1. The number of carbonyl (C=O) groups is 2. The maximum Gasteiger partial charge on any atom is 0.344 e. The van der Waals surface area contributed by atoms with Gasteiger partial charge in [-0.2, -0.15) is 5.26 Å². The van der Waals surface area contributed by atoms with Gasteiger partial charge in [-0.1, -0.05) is 30.3 Å². The van der Waals surface area contributed by atoms with Crippen LogP contribution in [0, 0.1) is 11.3 Å². The van der Waals surface area contributed by atoms with Gasteiger partial charge in [0.15, 0.2) is 6.10 Å². The van der Waals surface area contributed by atoms with Crippen LogP contribution >= 0.6 is 0 Å². The molecule has 25 heavy (non-hydrogen) atoms. The molecule has 0 aliphatic carbocycles. The summed E-state index contributed by atoms with van der Waals surface area (Å²) in [5.41, 5.74) is 1.17. The van der Waals surface area contributed by atoms with Crippen molar-refractivity contribution in [3.05, 3.63) is 65.7 Å². The maximum atomic E-state index is 12.1. The van der Waals surface area contributed by atoms with E-state index in [4.69, 9.17) is 9.84 Å². The van der Waals surface area contributed by atoms with Crippen molar-refractivity contribution in [1.29, 1.82) is 5.26 Å². The quantitative estimate of drug-likeness (QED) is 0.624. The molecule has 6 nitrogen and oxygen atoms in total. The van der Waals surface area contributed by atoms with Crippen LogP contribution < -0.4 is 10.1 Å². The van der Waals surface area contributed by atoms with Gasteiger partial charge in [0.05, 0.1) is 0 Å². The third kappa shape index (κ3) is 5.22. The fraction of sp³-hybridized carbons (Fsp3) is 0.105. The van der Waals surface area contributed by atoms with Crippen LogP contribution in [-0.2, 0) is 9.59 Å². The molecule has 2 aromatic carbocycles. The highest BCUT2D eigenvalue weighted by atomic mass is 16.5. The van der Waals surface area contributed by atoms with Crippen LogP contribution in [0.4, 0.5) is 5.69 Å². The van der Waals surface area contributed by atoms with Crippen molar-refractivity contribution in [1.82, 2.24) is 0 Å². The van der Waals surface area contributed by atoms with E-state index in [1.165, 1.54) is 13.0 Å². The summed E-state index contributed by atoms with van der Waals surface area (Å²) in [4.78, 5) is 22.9. The molecule has 0 saturated heterocycles. The Labute approximate surface area is 145 Å². The van der Waals surface area contributed by atoms with E-state index < -0.39 is 18.0 Å². The molecule has 0 fully saturated rings. The van der Waals surface area contributed by atoms with Gasteiger partial charge in [0.25, 0.3) is 5.91 Å². The Morgan fingerprint density at radius 1 is 1.16 bits per heavy atom. The van der Waals surface area contributed by atoms with E-state index >= 15 is 0 Å². The van der Waals surface area contributed by atoms with E-state index in [1.54, 1.807) is 48.5 Å². The highest BCUT2D eigenvalue weighted by Crippen LogP contribution is 2.17. The van der Waals surface area contributed by atoms with Crippen molar-refractivity contribution >= 4 is 23.6 Å². The zero-order valence-corrected chi connectivity index (χ0v) is 13.5. The van der Waals surface area contributed by atoms with Gasteiger partial charge in [0, 0.05) is 5.69 Å². The zero-order valence-electron chi connectivity index (χ0n) is 13.5. The number of hydrogen-bond donors (Lipinski definition) is 2. The molecular weight excluding hydrogens is 320 g/mol. The van der Waals surface area contributed by atoms with Gasteiger partial charge in [-0.3, -0.25) is 4.79 Å². The lowest BCUT2D eigenvalue weighted by Crippen LogP contribution is -2.22. The summed E-state index contributed by atoms with van der Waals surface area (Å²) >= 11 is 0. The third-order valence-electron chi connectivity index (χ3n) is 3.25. The summed E-state index contributed by atoms with van der Waals surface area (Å²) in [7, 11) is 0. The van der Waals surface area contributed by atoms with E-state index in [0.717, 1.165) is 0 Å². The lowest BCUT2D eigenvalue weighted by Gasteiger charge is -2.10. The molecule has 0 aromatic heterocycles. The molecule has 0 aliphatic heterocycles. The molecule has 2 aromatic rings. The van der Waals surface area contributed by atoms with Crippen LogP contribution in [-0.4, -0.2) is 23.1 Å². The first kappa shape index (κ1) is 17.8. The van der Waals surface area contributed by atoms with Gasteiger partial charge in [-0.05, 0) is 42.8 Å². The van der Waals surface area contributed by atoms with E-state index in [9.17, 15) is 14.9 Å². The van der Waals surface area contributed by atoms with Crippen molar-refractivity contribution in [2.45, 2.75) is 13.0 Å². The number of para-hydroxylation sites is 1. The number of aliphatic carboxylic acids is 1. The largest absolute Gasteiger partial charge is 0.479 e. The smallest absolute Gasteiger partial charge is 0.344 e. The standard InChI is InChI=1S/C19H16N2O4/c1-13(19(23)24)25-17-9-7-14(8-10-17)11-15(12-20)18(22)21-16-5-3-2-4-6-16/h2-11,13H,1H3,(H,21,22)(H,23,24)/b15-11-/t13-/m1/s1. The Bertz CT molecular complexity index is 821. The molecular formula is C19H16N2O4. The summed E-state index contributed by atoms with van der Waals surface area (Å²) in [6.45, 7) is 1.43. The van der Waals surface area contributed by atoms with Crippen LogP contribution in [0.25, 0.3) is 6.08 Å². The molecule has 2 N–H and O–H groups in total. The monoisotopic (exact) mass is 336 g/mol. The molecule has 0 spiro atoms. The Kier molecular flexibility index (Phi) is 5.91. The second-order valence-electron chi connectivity index (χ2n) is 5.16. The number of nitrogens with zero attached hydrogens (tertiary/aromatic N) is 1. The number of carboxylic acid groups (broad SMARTS) is 1. The number of amides is 1. The number of carboxylic acids is 1. The van der Waals surface area contributed by atoms with Crippen molar-refractivity contribution in [3.8, 4) is 11.8 Å². The van der Waals surface area contributed by atoms with Crippen molar-refractivity contribution in [2.24, 2.45) is 0 Å². The average Bonchev–Trinajstić information content (AvgIpc) is 2.61. The normalized spacial score (nSPS) is 11.9. The van der Waals surface area contributed by atoms with Crippen LogP contribution in [0.3, 0.4) is 0 Å². The average molecular weight is 336 g/mol. The summed E-state index contributed by atoms with van der Waals surface area (Å²) in [5.74, 6) is -1.18. The predicted molar refractivity (Wildman–Crippen MR) is 92.8 cm³/mol. The van der Waals surface area contributed by atoms with Gasteiger partial charge >= 0.3 is 5.97 Å². The molecule has 2 rings (SSSR count). The molecule has 126 valence electrons. The molecule has 0 bridgehead atoms. The Hall–Kier alpha value is -3.59. The number of nitrogens with one attached hydrogen (secondary N) is 1. The molecule has 0 aliphatic rings. The lowest BCUT2D eigenvalue weighted by molar-refractivity contribution is -0.144. The molecule has 1 amide bonds. The highest BCUT2D eigenvalue weighted by molar-refractivity contribution is 6.09. The molecule has 1 atom stereocenters. The van der Waals surface area contributed by atoms with E-state index in [0.29, 0.717) is 17.0 Å². The Morgan fingerprint density at radius 3 is 2.36 bits per heavy atom. The molecule has 0 unspecified atom stereocenters. The molecule has 0 saturated carbocycles. The number of nitriles is 1. The van der Waals surface area contributed by atoms with Crippen molar-refractivity contribution in [2.75, 3.05) is 5.32 Å². The van der Waals surface area contributed by atoms with E-state index in [2.05, 4.69) is 5.32 Å². The number of benzene rings is 2. The maximum absolute atomic E-state index is 12.1. The second kappa shape index (κ2) is 8.31. The summed E-state index contributed by atoms with van der Waals surface area (Å²) in [6.07, 6.45) is 0.482. The molecule has 0 heterocycles. The number of ether oxygens (including phenoxy) is 1. The highest BCUT2D eigenvalue weighted by Gasteiger charge is 2.12. The fourth-order valence-corrected chi connectivity index (χ4v) is 1.93. The minimum Gasteiger partial charge on any atom is -0.479 e. The zero-order chi connectivity index (χ0) is 18.2. The fourth-order valence-electron chi connectivity index (χ4n) is 1.93. The van der Waals surface area contributed by atoms with Crippen molar-refractivity contribution in [3.63, 3.8) is 0 Å². The first-order valence-electron chi connectivity index (χ1n) is 7.47. The molecule has 6 heteroatoms. The van der Waals surface area contributed by atoms with Gasteiger partial charge in [0.1, 0.15) is 17.4 Å². The number of rotatable bonds is 6. The minimum atomic E-state index is -1.06. The second-order valence-corrected chi connectivity index (χ2v) is 5.16. The minimum absolute atomic E-state index is 0.0450. The van der Waals surface area contributed by atoms with Crippen LogP contribution in [0.1, 0.15) is 12.5 Å². The summed E-state index contributed by atoms with van der Waals surface area (Å²) in [6, 6.07) is 17.1. The van der Waals surface area contributed by atoms with Crippen LogP contribution in [0.15, 0.2) is 60.2 Å². The third-order valence-corrected chi connectivity index (χ3v) is 3.25. The first-order chi connectivity index (χ1) is 12.0. The van der Waals surface area contributed by atoms with Crippen LogP contribution in [0.2, 0.25) is 0 Å². The van der Waals surface area contributed by atoms with E-state index in [1.807, 2.05) is 12.1 Å². The van der Waals surface area contributed by atoms with Gasteiger partial charge < -0.3 is 15.2 Å². The van der Waals surface area contributed by atoms with Gasteiger partial charge in [-0.15, -0.1) is 0 Å². The Morgan fingerprint density at radius 2 is 1.80 bits per heavy atom. The first-order valence-corrected chi connectivity index (χ1v) is 7.47. The lowest BCUT2D eigenvalue weighted by atomic mass is 10.1. The van der Waals surface area contributed by atoms with Gasteiger partial charge in [-0.25, -0.2) is 4.79 Å². The van der Waals surface area contributed by atoms with Crippen molar-refractivity contribution < 1.29 is 19.4 Å². The summed E-state index contributed by atoms with van der Waals surface area (Å²) < 4.78 is 5.22. The number of hydrogen-bond acceptors (Lipinski definition) is 4. The predicted octanol–water partition coefficient (Wildman–Crippen LogP) is 3.08. The molecule has 0 radical (unpaired) electrons. The SMILES string of the molecule is C[C@@H](Oc1ccc(/C=C(/C#N)C(=O)Nc2ccccc2)cc1)C(=O)O. The Balaban J connectivity index is 2.10.